The van der Waals surface area contributed by atoms with Gasteiger partial charge in [0.25, 0.3) is 0 Å². The van der Waals surface area contributed by atoms with Crippen LogP contribution in [0, 0.1) is 0 Å². The van der Waals surface area contributed by atoms with Crippen molar-refractivity contribution >= 4 is 27.7 Å². The quantitative estimate of drug-likeness (QED) is 0.183. The van der Waals surface area contributed by atoms with Gasteiger partial charge in [-0.25, -0.2) is 0 Å². The number of hydrogen-bond donors (Lipinski definition) is 1. The maximum atomic E-state index is 4.11. The Morgan fingerprint density at radius 3 is 2.69 bits per heavy atom. The number of anilines is 2. The van der Waals surface area contributed by atoms with Crippen molar-refractivity contribution < 1.29 is 0 Å². The second kappa shape index (κ2) is 11.9. The minimum atomic E-state index is 0.362. The van der Waals surface area contributed by atoms with Crippen LogP contribution in [0.3, 0.4) is 0 Å². The predicted molar refractivity (Wildman–Crippen MR) is 193 cm³/mol. The van der Waals surface area contributed by atoms with E-state index < -0.39 is 0 Å². The van der Waals surface area contributed by atoms with Gasteiger partial charge < -0.3 is 10.2 Å². The van der Waals surface area contributed by atoms with Gasteiger partial charge in [-0.1, -0.05) is 97.6 Å². The zero-order valence-corrected chi connectivity index (χ0v) is 25.9. The highest BCUT2D eigenvalue weighted by molar-refractivity contribution is 5.94. The molecule has 1 aliphatic heterocycles. The lowest BCUT2D eigenvalue weighted by Crippen LogP contribution is -2.24. The lowest BCUT2D eigenvalue weighted by atomic mass is 9.93. The van der Waals surface area contributed by atoms with Crippen LogP contribution in [0.4, 0.5) is 11.4 Å². The van der Waals surface area contributed by atoms with E-state index in [1.807, 2.05) is 6.08 Å². The van der Waals surface area contributed by atoms with Gasteiger partial charge in [-0.05, 0) is 131 Å². The maximum absolute atomic E-state index is 4.11. The summed E-state index contributed by atoms with van der Waals surface area (Å²) in [6.45, 7) is 5.03. The number of nitrogens with one attached hydrogen (secondary N) is 1. The molecule has 222 valence electrons. The summed E-state index contributed by atoms with van der Waals surface area (Å²) >= 11 is 0. The summed E-state index contributed by atoms with van der Waals surface area (Å²) in [6.07, 6.45) is 25.4. The average molecular weight is 585 g/mol. The van der Waals surface area contributed by atoms with Crippen molar-refractivity contribution in [3.8, 4) is 11.1 Å². The first kappa shape index (κ1) is 27.7. The van der Waals surface area contributed by atoms with Crippen LogP contribution in [0.5, 0.6) is 0 Å². The Hall–Kier alpha value is -4.82. The predicted octanol–water partition coefficient (Wildman–Crippen LogP) is 10.7. The van der Waals surface area contributed by atoms with Gasteiger partial charge in [-0.15, -0.1) is 0 Å². The summed E-state index contributed by atoms with van der Waals surface area (Å²) in [5, 5.41) is 6.50. The van der Waals surface area contributed by atoms with Crippen LogP contribution in [0.15, 0.2) is 139 Å². The summed E-state index contributed by atoms with van der Waals surface area (Å²) in [6, 6.07) is 27.9. The molecule has 3 aliphatic carbocycles. The highest BCUT2D eigenvalue weighted by atomic mass is 15.1. The van der Waals surface area contributed by atoms with E-state index in [0.717, 1.165) is 51.5 Å². The lowest BCUT2D eigenvalue weighted by Gasteiger charge is -2.30. The molecule has 4 aliphatic rings. The van der Waals surface area contributed by atoms with Gasteiger partial charge in [0.05, 0.1) is 6.04 Å². The Balaban J connectivity index is 1.09. The van der Waals surface area contributed by atoms with Gasteiger partial charge in [-0.2, -0.15) is 0 Å². The van der Waals surface area contributed by atoms with Gasteiger partial charge in [0.2, 0.25) is 0 Å². The molecule has 0 spiro atoms. The second-order valence-electron chi connectivity index (χ2n) is 12.7. The fourth-order valence-electron chi connectivity index (χ4n) is 7.72. The minimum Gasteiger partial charge on any atom is -0.378 e. The molecule has 0 amide bonds. The first-order chi connectivity index (χ1) is 22.2. The molecule has 2 nitrogen and oxygen atoms in total. The van der Waals surface area contributed by atoms with Gasteiger partial charge in [0.15, 0.2) is 0 Å². The molecule has 4 aromatic rings. The van der Waals surface area contributed by atoms with E-state index >= 15 is 0 Å². The van der Waals surface area contributed by atoms with Crippen LogP contribution >= 0.6 is 0 Å². The summed E-state index contributed by atoms with van der Waals surface area (Å²) in [5.74, 6) is 0. The summed E-state index contributed by atoms with van der Waals surface area (Å²) in [7, 11) is 0. The minimum absolute atomic E-state index is 0.362. The number of rotatable bonds is 8. The fraction of sp³-hybridized carbons (Fsp3) is 0.209. The molecule has 0 saturated carbocycles. The van der Waals surface area contributed by atoms with Gasteiger partial charge in [0, 0.05) is 23.6 Å². The van der Waals surface area contributed by atoms with Crippen molar-refractivity contribution in [2.45, 2.75) is 51.0 Å². The highest BCUT2D eigenvalue weighted by Gasteiger charge is 2.25. The van der Waals surface area contributed by atoms with Crippen LogP contribution in [0.2, 0.25) is 0 Å². The van der Waals surface area contributed by atoms with Crippen molar-refractivity contribution in [1.82, 2.24) is 0 Å². The van der Waals surface area contributed by atoms with Crippen molar-refractivity contribution in [2.75, 3.05) is 16.8 Å². The molecule has 1 N–H and O–H groups in total. The first-order valence-electron chi connectivity index (χ1n) is 16.6. The molecular weight excluding hydrogens is 544 g/mol. The molecule has 1 unspecified atom stereocenters. The highest BCUT2D eigenvalue weighted by Crippen LogP contribution is 2.40. The Bertz CT molecular complexity index is 1960. The second-order valence-corrected chi connectivity index (χ2v) is 12.7. The molecule has 0 saturated heterocycles. The maximum Gasteiger partial charge on any atom is 0.0552 e. The van der Waals surface area contributed by atoms with E-state index in [-0.39, 0.29) is 0 Å². The van der Waals surface area contributed by atoms with Gasteiger partial charge in [-0.3, -0.25) is 0 Å². The van der Waals surface area contributed by atoms with Crippen molar-refractivity contribution in [1.29, 1.82) is 0 Å². The number of allylic oxidation sites excluding steroid dienone is 8. The monoisotopic (exact) mass is 584 g/mol. The molecular formula is C43H40N2. The third-order valence-electron chi connectivity index (χ3n) is 10.0. The number of benzene rings is 4. The van der Waals surface area contributed by atoms with Crippen LogP contribution in [0.1, 0.15) is 54.4 Å². The standard InChI is InChI=1S/C43H40N2/c1-2-11-30(33-19-18-31-20-23-42-41(40(31)28-33)29-43(44-42)32-12-5-3-6-13-32)24-25-45(36-15-7-4-8-16-36)37-21-22-39-35(27-37)26-34-14-9-10-17-38(34)39/h2,4-5,7,9-15,17-23,27-28,43-44H,1,3,6,8,16,24-26,29H2/b30-11+. The number of nitrogens with zero attached hydrogens (tertiary/aromatic N) is 1. The molecule has 1 heterocycles. The third-order valence-corrected chi connectivity index (χ3v) is 10.0. The molecule has 1 atom stereocenters. The Labute approximate surface area is 267 Å². The zero-order chi connectivity index (χ0) is 30.2. The Morgan fingerprint density at radius 2 is 1.82 bits per heavy atom. The lowest BCUT2D eigenvalue weighted by molar-refractivity contribution is 0.822. The number of hydrogen-bond acceptors (Lipinski definition) is 2. The van der Waals surface area contributed by atoms with E-state index in [9.17, 15) is 0 Å². The third kappa shape index (κ3) is 5.29. The summed E-state index contributed by atoms with van der Waals surface area (Å²) in [4.78, 5) is 2.56. The van der Waals surface area contributed by atoms with Crippen molar-refractivity contribution in [3.63, 3.8) is 0 Å². The number of fused-ring (bicyclic) bond motifs is 6. The Kier molecular flexibility index (Phi) is 7.35. The smallest absolute Gasteiger partial charge is 0.0552 e. The molecule has 8 rings (SSSR count). The van der Waals surface area contributed by atoms with Crippen molar-refractivity contribution in [2.24, 2.45) is 0 Å². The molecule has 2 heteroatoms. The fourth-order valence-corrected chi connectivity index (χ4v) is 7.72. The molecule has 45 heavy (non-hydrogen) atoms. The van der Waals surface area contributed by atoms with Crippen LogP contribution < -0.4 is 10.2 Å². The van der Waals surface area contributed by atoms with E-state index in [2.05, 4.69) is 132 Å². The van der Waals surface area contributed by atoms with E-state index in [4.69, 9.17) is 0 Å². The average Bonchev–Trinajstić information content (AvgIpc) is 3.70. The zero-order valence-electron chi connectivity index (χ0n) is 25.9. The summed E-state index contributed by atoms with van der Waals surface area (Å²) < 4.78 is 0. The normalized spacial score (nSPS) is 18.1. The topological polar surface area (TPSA) is 15.3 Å². The molecule has 4 aromatic carbocycles. The van der Waals surface area contributed by atoms with E-state index in [1.165, 1.54) is 72.4 Å². The van der Waals surface area contributed by atoms with Gasteiger partial charge in [0.1, 0.15) is 0 Å². The van der Waals surface area contributed by atoms with E-state index in [1.54, 1.807) is 0 Å². The van der Waals surface area contributed by atoms with Gasteiger partial charge >= 0.3 is 0 Å². The van der Waals surface area contributed by atoms with Crippen LogP contribution in [-0.2, 0) is 12.8 Å². The molecule has 0 bridgehead atoms. The van der Waals surface area contributed by atoms with Crippen LogP contribution in [-0.4, -0.2) is 12.6 Å². The Morgan fingerprint density at radius 1 is 0.911 bits per heavy atom. The molecule has 0 fully saturated rings. The van der Waals surface area contributed by atoms with Crippen LogP contribution in [0.25, 0.3) is 27.5 Å². The van der Waals surface area contributed by atoms with E-state index in [0.29, 0.717) is 6.04 Å². The molecule has 0 radical (unpaired) electrons. The largest absolute Gasteiger partial charge is 0.378 e. The molecule has 0 aromatic heterocycles. The SMILES string of the molecule is C=C/C=C(\CCN(C1=CC=CCC1)c1ccc2c(c1)Cc1ccccc1-2)c1ccc2ccc3c(c2c1)CC(C1=CCCC=C1)N3. The van der Waals surface area contributed by atoms with Crippen molar-refractivity contribution in [3.05, 3.63) is 162 Å². The first-order valence-corrected chi connectivity index (χ1v) is 16.6. The summed E-state index contributed by atoms with van der Waals surface area (Å²) in [5.41, 5.74) is 15.1.